The van der Waals surface area contributed by atoms with E-state index in [9.17, 15) is 4.39 Å². The fraction of sp³-hybridized carbons (Fsp3) is 0.333. The van der Waals surface area contributed by atoms with E-state index in [-0.39, 0.29) is 5.82 Å². The zero-order valence-corrected chi connectivity index (χ0v) is 8.76. The maximum atomic E-state index is 12.7. The Labute approximate surface area is 84.9 Å². The monoisotopic (exact) mass is 193 g/mol. The number of hydrogen-bond donors (Lipinski definition) is 0. The molecule has 0 aromatic heterocycles. The molecule has 0 amide bonds. The predicted octanol–water partition coefficient (Wildman–Crippen LogP) is 3.58. The van der Waals surface area contributed by atoms with Crippen molar-refractivity contribution in [3.05, 3.63) is 42.4 Å². The summed E-state index contributed by atoms with van der Waals surface area (Å²) in [7, 11) is 0. The highest BCUT2D eigenvalue weighted by molar-refractivity contribution is 5.51. The van der Waals surface area contributed by atoms with E-state index in [4.69, 9.17) is 0 Å². The van der Waals surface area contributed by atoms with Gasteiger partial charge < -0.3 is 4.90 Å². The van der Waals surface area contributed by atoms with Gasteiger partial charge in [-0.25, -0.2) is 4.39 Å². The molecule has 0 spiro atoms. The smallest absolute Gasteiger partial charge is 0.123 e. The van der Waals surface area contributed by atoms with E-state index >= 15 is 0 Å². The van der Waals surface area contributed by atoms with Crippen molar-refractivity contribution in [1.29, 1.82) is 0 Å². The van der Waals surface area contributed by atoms with E-state index in [0.29, 0.717) is 0 Å². The van der Waals surface area contributed by atoms with Crippen LogP contribution in [0.4, 0.5) is 10.1 Å². The standard InChI is InChI=1S/C12H16FN/c1-4-10(3)14(5-2)12-8-6-11(13)7-9-12/h6-9H,3-5H2,1-2H3. The first kappa shape index (κ1) is 10.8. The highest BCUT2D eigenvalue weighted by atomic mass is 19.1. The summed E-state index contributed by atoms with van der Waals surface area (Å²) in [6.07, 6.45) is 0.908. The average Bonchev–Trinajstić information content (AvgIpc) is 2.21. The number of nitrogens with zero attached hydrogens (tertiary/aromatic N) is 1. The van der Waals surface area contributed by atoms with Crippen LogP contribution in [-0.4, -0.2) is 6.54 Å². The molecular formula is C12H16FN. The third kappa shape index (κ3) is 2.34. The molecule has 0 aliphatic heterocycles. The van der Waals surface area contributed by atoms with Crippen molar-refractivity contribution in [2.75, 3.05) is 11.4 Å². The van der Waals surface area contributed by atoms with Gasteiger partial charge in [0, 0.05) is 17.9 Å². The fourth-order valence-electron chi connectivity index (χ4n) is 1.40. The minimum absolute atomic E-state index is 0.202. The van der Waals surface area contributed by atoms with Gasteiger partial charge in [-0.2, -0.15) is 0 Å². The largest absolute Gasteiger partial charge is 0.346 e. The Morgan fingerprint density at radius 2 is 1.86 bits per heavy atom. The van der Waals surface area contributed by atoms with Gasteiger partial charge in [0.15, 0.2) is 0 Å². The van der Waals surface area contributed by atoms with Gasteiger partial charge in [0.2, 0.25) is 0 Å². The molecule has 0 radical (unpaired) electrons. The lowest BCUT2D eigenvalue weighted by atomic mass is 10.2. The molecule has 2 heteroatoms. The van der Waals surface area contributed by atoms with Crippen molar-refractivity contribution in [3.8, 4) is 0 Å². The Balaban J connectivity index is 2.89. The SMILES string of the molecule is C=C(CC)N(CC)c1ccc(F)cc1. The number of anilines is 1. The van der Waals surface area contributed by atoms with Gasteiger partial charge in [0.1, 0.15) is 5.82 Å². The van der Waals surface area contributed by atoms with Crippen molar-refractivity contribution in [2.24, 2.45) is 0 Å². The highest BCUT2D eigenvalue weighted by Gasteiger charge is 2.05. The van der Waals surface area contributed by atoms with Crippen LogP contribution in [0.5, 0.6) is 0 Å². The lowest BCUT2D eigenvalue weighted by Gasteiger charge is -2.24. The molecule has 0 unspecified atom stereocenters. The van der Waals surface area contributed by atoms with Crippen molar-refractivity contribution >= 4 is 5.69 Å². The summed E-state index contributed by atoms with van der Waals surface area (Å²) < 4.78 is 12.7. The molecule has 1 aromatic rings. The van der Waals surface area contributed by atoms with Crippen LogP contribution in [0.3, 0.4) is 0 Å². The third-order valence-electron chi connectivity index (χ3n) is 2.24. The zero-order chi connectivity index (χ0) is 10.6. The van der Waals surface area contributed by atoms with Gasteiger partial charge >= 0.3 is 0 Å². The van der Waals surface area contributed by atoms with Crippen LogP contribution in [0.1, 0.15) is 20.3 Å². The summed E-state index contributed by atoms with van der Waals surface area (Å²) in [4.78, 5) is 2.08. The molecular weight excluding hydrogens is 177 g/mol. The summed E-state index contributed by atoms with van der Waals surface area (Å²) in [5, 5.41) is 0. The maximum absolute atomic E-state index is 12.7. The van der Waals surface area contributed by atoms with Gasteiger partial charge in [-0.05, 0) is 37.6 Å². The Kier molecular flexibility index (Phi) is 3.69. The molecule has 1 rings (SSSR count). The molecule has 0 aliphatic rings. The molecule has 14 heavy (non-hydrogen) atoms. The molecule has 0 saturated carbocycles. The molecule has 76 valence electrons. The molecule has 0 saturated heterocycles. The second kappa shape index (κ2) is 4.80. The van der Waals surface area contributed by atoms with Gasteiger partial charge in [0.25, 0.3) is 0 Å². The second-order valence-corrected chi connectivity index (χ2v) is 3.14. The van der Waals surface area contributed by atoms with E-state index in [1.54, 1.807) is 12.1 Å². The topological polar surface area (TPSA) is 3.24 Å². The number of rotatable bonds is 4. The van der Waals surface area contributed by atoms with Crippen molar-refractivity contribution in [3.63, 3.8) is 0 Å². The first-order chi connectivity index (χ1) is 6.69. The van der Waals surface area contributed by atoms with Gasteiger partial charge in [0.05, 0.1) is 0 Å². The molecule has 0 N–H and O–H groups in total. The predicted molar refractivity (Wildman–Crippen MR) is 58.9 cm³/mol. The zero-order valence-electron chi connectivity index (χ0n) is 8.76. The summed E-state index contributed by atoms with van der Waals surface area (Å²) in [5.41, 5.74) is 2.06. The first-order valence-electron chi connectivity index (χ1n) is 4.90. The maximum Gasteiger partial charge on any atom is 0.123 e. The van der Waals surface area contributed by atoms with Gasteiger partial charge in [-0.1, -0.05) is 13.5 Å². The van der Waals surface area contributed by atoms with E-state index in [1.165, 1.54) is 12.1 Å². The van der Waals surface area contributed by atoms with Crippen LogP contribution >= 0.6 is 0 Å². The summed E-state index contributed by atoms with van der Waals surface area (Å²) >= 11 is 0. The molecule has 0 aliphatic carbocycles. The fourth-order valence-corrected chi connectivity index (χ4v) is 1.40. The van der Waals surface area contributed by atoms with Crippen molar-refractivity contribution in [1.82, 2.24) is 0 Å². The highest BCUT2D eigenvalue weighted by Crippen LogP contribution is 2.19. The summed E-state index contributed by atoms with van der Waals surface area (Å²) in [6.45, 7) is 8.96. The van der Waals surface area contributed by atoms with E-state index < -0.39 is 0 Å². The quantitative estimate of drug-likeness (QED) is 0.706. The number of allylic oxidation sites excluding steroid dienone is 1. The number of benzene rings is 1. The summed E-state index contributed by atoms with van der Waals surface area (Å²) in [5.74, 6) is -0.202. The van der Waals surface area contributed by atoms with Crippen LogP contribution in [-0.2, 0) is 0 Å². The van der Waals surface area contributed by atoms with E-state index in [1.807, 2.05) is 0 Å². The lowest BCUT2D eigenvalue weighted by molar-refractivity contribution is 0.627. The van der Waals surface area contributed by atoms with Gasteiger partial charge in [-0.3, -0.25) is 0 Å². The van der Waals surface area contributed by atoms with Crippen LogP contribution in [0, 0.1) is 5.82 Å². The van der Waals surface area contributed by atoms with Crippen molar-refractivity contribution < 1.29 is 4.39 Å². The van der Waals surface area contributed by atoms with Crippen molar-refractivity contribution in [2.45, 2.75) is 20.3 Å². The molecule has 0 fully saturated rings. The van der Waals surface area contributed by atoms with Crippen LogP contribution in [0.15, 0.2) is 36.5 Å². The Morgan fingerprint density at radius 1 is 1.29 bits per heavy atom. The normalized spacial score (nSPS) is 9.93. The third-order valence-corrected chi connectivity index (χ3v) is 2.24. The minimum atomic E-state index is -0.202. The van der Waals surface area contributed by atoms with E-state index in [0.717, 1.165) is 24.4 Å². The Hall–Kier alpha value is -1.31. The van der Waals surface area contributed by atoms with Crippen LogP contribution < -0.4 is 4.90 Å². The van der Waals surface area contributed by atoms with Gasteiger partial charge in [-0.15, -0.1) is 0 Å². The Morgan fingerprint density at radius 3 is 2.29 bits per heavy atom. The number of halogens is 1. The second-order valence-electron chi connectivity index (χ2n) is 3.14. The van der Waals surface area contributed by atoms with E-state index in [2.05, 4.69) is 25.3 Å². The first-order valence-corrected chi connectivity index (χ1v) is 4.90. The molecule has 1 aromatic carbocycles. The molecule has 0 bridgehead atoms. The molecule has 0 atom stereocenters. The Bertz CT molecular complexity index is 303. The van der Waals surface area contributed by atoms with Crippen LogP contribution in [0.25, 0.3) is 0 Å². The minimum Gasteiger partial charge on any atom is -0.346 e. The average molecular weight is 193 g/mol. The lowest BCUT2D eigenvalue weighted by Crippen LogP contribution is -2.20. The number of hydrogen-bond acceptors (Lipinski definition) is 1. The molecule has 1 nitrogen and oxygen atoms in total. The summed E-state index contributed by atoms with van der Waals surface area (Å²) in [6, 6.07) is 6.50. The molecule has 0 heterocycles. The van der Waals surface area contributed by atoms with Crippen LogP contribution in [0.2, 0.25) is 0 Å².